The molecule has 0 aromatic heterocycles. The van der Waals surface area contributed by atoms with E-state index in [0.29, 0.717) is 5.56 Å². The van der Waals surface area contributed by atoms with E-state index in [-0.39, 0.29) is 0 Å². The third-order valence-corrected chi connectivity index (χ3v) is 2.65. The van der Waals surface area contributed by atoms with E-state index in [2.05, 4.69) is 6.07 Å². The van der Waals surface area contributed by atoms with E-state index in [0.717, 1.165) is 11.1 Å². The van der Waals surface area contributed by atoms with Gasteiger partial charge in [-0.15, -0.1) is 0 Å². The molecule has 0 saturated carbocycles. The number of aliphatic hydroxyl groups is 1. The SMILES string of the molecule is N#Cc1ccc(C(O)/C=C/c2ccccc2)cc1. The van der Waals surface area contributed by atoms with Crippen molar-refractivity contribution in [3.8, 4) is 6.07 Å². The molecule has 0 aliphatic heterocycles. The minimum absolute atomic E-state index is 0.595. The highest BCUT2D eigenvalue weighted by Crippen LogP contribution is 2.16. The van der Waals surface area contributed by atoms with Crippen LogP contribution in [0.15, 0.2) is 60.7 Å². The van der Waals surface area contributed by atoms with Crippen molar-refractivity contribution in [2.45, 2.75) is 6.10 Å². The molecule has 0 aliphatic rings. The summed E-state index contributed by atoms with van der Waals surface area (Å²) in [5.41, 5.74) is 2.42. The Bertz CT molecular complexity index is 564. The highest BCUT2D eigenvalue weighted by molar-refractivity contribution is 5.50. The van der Waals surface area contributed by atoms with Gasteiger partial charge in [-0.05, 0) is 23.3 Å². The van der Waals surface area contributed by atoms with Gasteiger partial charge in [-0.1, -0.05) is 54.6 Å². The zero-order valence-corrected chi connectivity index (χ0v) is 9.82. The van der Waals surface area contributed by atoms with Crippen LogP contribution >= 0.6 is 0 Å². The molecule has 1 atom stereocenters. The van der Waals surface area contributed by atoms with Crippen molar-refractivity contribution < 1.29 is 5.11 Å². The lowest BCUT2D eigenvalue weighted by molar-refractivity contribution is 0.229. The Hall–Kier alpha value is -2.37. The summed E-state index contributed by atoms with van der Waals surface area (Å²) >= 11 is 0. The molecule has 0 aliphatic carbocycles. The minimum Gasteiger partial charge on any atom is -0.384 e. The van der Waals surface area contributed by atoms with Crippen molar-refractivity contribution in [2.24, 2.45) is 0 Å². The molecule has 2 aromatic rings. The maximum Gasteiger partial charge on any atom is 0.0991 e. The quantitative estimate of drug-likeness (QED) is 0.887. The fourth-order valence-electron chi connectivity index (χ4n) is 1.63. The van der Waals surface area contributed by atoms with Crippen LogP contribution in [-0.4, -0.2) is 5.11 Å². The predicted octanol–water partition coefficient (Wildman–Crippen LogP) is 3.31. The number of nitriles is 1. The summed E-state index contributed by atoms with van der Waals surface area (Å²) in [6.07, 6.45) is 2.96. The van der Waals surface area contributed by atoms with Crippen molar-refractivity contribution in [2.75, 3.05) is 0 Å². The summed E-state index contributed by atoms with van der Waals surface area (Å²) in [7, 11) is 0. The van der Waals surface area contributed by atoms with Crippen LogP contribution in [0.1, 0.15) is 22.8 Å². The second kappa shape index (κ2) is 5.81. The summed E-state index contributed by atoms with van der Waals surface area (Å²) in [6.45, 7) is 0. The Morgan fingerprint density at radius 1 is 1.00 bits per heavy atom. The number of benzene rings is 2. The molecule has 1 N–H and O–H groups in total. The van der Waals surface area contributed by atoms with E-state index in [9.17, 15) is 5.11 Å². The van der Waals surface area contributed by atoms with Gasteiger partial charge in [-0.25, -0.2) is 0 Å². The van der Waals surface area contributed by atoms with E-state index in [1.807, 2.05) is 36.4 Å². The standard InChI is InChI=1S/C16H13NO/c17-12-14-6-9-15(10-7-14)16(18)11-8-13-4-2-1-3-5-13/h1-11,16,18H/b11-8+. The van der Waals surface area contributed by atoms with E-state index in [4.69, 9.17) is 5.26 Å². The number of rotatable bonds is 3. The smallest absolute Gasteiger partial charge is 0.0991 e. The average molecular weight is 235 g/mol. The summed E-state index contributed by atoms with van der Waals surface area (Å²) in [6, 6.07) is 18.8. The van der Waals surface area contributed by atoms with Crippen LogP contribution in [0.25, 0.3) is 6.08 Å². The van der Waals surface area contributed by atoms with E-state index < -0.39 is 6.10 Å². The second-order valence-electron chi connectivity index (χ2n) is 3.95. The molecule has 2 nitrogen and oxygen atoms in total. The number of aliphatic hydroxyl groups excluding tert-OH is 1. The van der Waals surface area contributed by atoms with Crippen molar-refractivity contribution in [3.63, 3.8) is 0 Å². The van der Waals surface area contributed by atoms with Gasteiger partial charge in [0, 0.05) is 0 Å². The Morgan fingerprint density at radius 3 is 2.28 bits per heavy atom. The second-order valence-corrected chi connectivity index (χ2v) is 3.95. The molecule has 0 bridgehead atoms. The van der Waals surface area contributed by atoms with Crippen molar-refractivity contribution in [1.82, 2.24) is 0 Å². The van der Waals surface area contributed by atoms with Crippen LogP contribution in [0.3, 0.4) is 0 Å². The monoisotopic (exact) mass is 235 g/mol. The van der Waals surface area contributed by atoms with Gasteiger partial charge in [-0.3, -0.25) is 0 Å². The van der Waals surface area contributed by atoms with Gasteiger partial charge in [0.25, 0.3) is 0 Å². The Kier molecular flexibility index (Phi) is 3.90. The molecule has 2 rings (SSSR count). The normalized spacial score (nSPS) is 12.2. The third-order valence-electron chi connectivity index (χ3n) is 2.65. The topological polar surface area (TPSA) is 44.0 Å². The van der Waals surface area contributed by atoms with E-state index in [1.165, 1.54) is 0 Å². The Morgan fingerprint density at radius 2 is 1.67 bits per heavy atom. The molecule has 0 amide bonds. The van der Waals surface area contributed by atoms with Gasteiger partial charge in [-0.2, -0.15) is 5.26 Å². The van der Waals surface area contributed by atoms with Gasteiger partial charge in [0.1, 0.15) is 0 Å². The van der Waals surface area contributed by atoms with Gasteiger partial charge >= 0.3 is 0 Å². The maximum atomic E-state index is 9.98. The van der Waals surface area contributed by atoms with Crippen LogP contribution in [0.4, 0.5) is 0 Å². The molecule has 1 unspecified atom stereocenters. The highest BCUT2D eigenvalue weighted by Gasteiger charge is 2.02. The molecule has 0 fully saturated rings. The molecule has 18 heavy (non-hydrogen) atoms. The van der Waals surface area contributed by atoms with Gasteiger partial charge < -0.3 is 5.11 Å². The first kappa shape index (κ1) is 12.1. The van der Waals surface area contributed by atoms with Crippen molar-refractivity contribution in [1.29, 1.82) is 5.26 Å². The van der Waals surface area contributed by atoms with Crippen molar-refractivity contribution in [3.05, 3.63) is 77.4 Å². The fourth-order valence-corrected chi connectivity index (χ4v) is 1.63. The largest absolute Gasteiger partial charge is 0.384 e. The van der Waals surface area contributed by atoms with Crippen LogP contribution < -0.4 is 0 Å². The maximum absolute atomic E-state index is 9.98. The molecular formula is C16H13NO. The summed E-state index contributed by atoms with van der Waals surface area (Å²) in [5, 5.41) is 18.7. The zero-order chi connectivity index (χ0) is 12.8. The lowest BCUT2D eigenvalue weighted by Crippen LogP contribution is -1.92. The first-order valence-corrected chi connectivity index (χ1v) is 5.71. The highest BCUT2D eigenvalue weighted by atomic mass is 16.3. The van der Waals surface area contributed by atoms with Crippen LogP contribution in [0.5, 0.6) is 0 Å². The lowest BCUT2D eigenvalue weighted by Gasteiger charge is -2.05. The molecule has 0 spiro atoms. The Balaban J connectivity index is 2.10. The average Bonchev–Trinajstić information content (AvgIpc) is 2.46. The van der Waals surface area contributed by atoms with Gasteiger partial charge in [0.2, 0.25) is 0 Å². The molecule has 0 radical (unpaired) electrons. The van der Waals surface area contributed by atoms with Gasteiger partial charge in [0.15, 0.2) is 0 Å². The lowest BCUT2D eigenvalue weighted by atomic mass is 10.1. The van der Waals surface area contributed by atoms with Crippen LogP contribution in [-0.2, 0) is 0 Å². The fraction of sp³-hybridized carbons (Fsp3) is 0.0625. The molecular weight excluding hydrogens is 222 g/mol. The Labute approximate surface area is 106 Å². The summed E-state index contributed by atoms with van der Waals surface area (Å²) < 4.78 is 0. The summed E-state index contributed by atoms with van der Waals surface area (Å²) in [4.78, 5) is 0. The van der Waals surface area contributed by atoms with E-state index >= 15 is 0 Å². The minimum atomic E-state index is -0.655. The molecule has 0 saturated heterocycles. The van der Waals surface area contributed by atoms with Crippen LogP contribution in [0, 0.1) is 11.3 Å². The number of hydrogen-bond donors (Lipinski definition) is 1. The van der Waals surface area contributed by atoms with Crippen molar-refractivity contribution >= 4 is 6.08 Å². The molecule has 88 valence electrons. The predicted molar refractivity (Wildman–Crippen MR) is 71.6 cm³/mol. The number of nitrogens with zero attached hydrogens (tertiary/aromatic N) is 1. The third kappa shape index (κ3) is 3.07. The molecule has 2 aromatic carbocycles. The first-order chi connectivity index (χ1) is 8.79. The molecule has 0 heterocycles. The molecule has 2 heteroatoms. The first-order valence-electron chi connectivity index (χ1n) is 5.71. The summed E-state index contributed by atoms with van der Waals surface area (Å²) in [5.74, 6) is 0. The van der Waals surface area contributed by atoms with Gasteiger partial charge in [0.05, 0.1) is 17.7 Å². The zero-order valence-electron chi connectivity index (χ0n) is 9.82. The van der Waals surface area contributed by atoms with Crippen LogP contribution in [0.2, 0.25) is 0 Å². The number of hydrogen-bond acceptors (Lipinski definition) is 2. The van der Waals surface area contributed by atoms with E-state index in [1.54, 1.807) is 30.3 Å².